The molecule has 0 bridgehead atoms. The SMILES string of the molecule is C[C@H](CCc1ccccc1)NC(=O)[C@@H]1CCCN(Cc2c(Cl)cccc2Cl)C1. The van der Waals surface area contributed by atoms with Crippen LogP contribution in [0.15, 0.2) is 48.5 Å². The summed E-state index contributed by atoms with van der Waals surface area (Å²) in [5, 5.41) is 4.59. The van der Waals surface area contributed by atoms with Crippen LogP contribution in [0, 0.1) is 5.92 Å². The number of amides is 1. The first-order chi connectivity index (χ1) is 13.5. The average molecular weight is 419 g/mol. The van der Waals surface area contributed by atoms with E-state index >= 15 is 0 Å². The zero-order valence-electron chi connectivity index (χ0n) is 16.3. The molecule has 0 unspecified atom stereocenters. The van der Waals surface area contributed by atoms with E-state index in [1.807, 2.05) is 24.3 Å². The summed E-state index contributed by atoms with van der Waals surface area (Å²) in [7, 11) is 0. The Bertz CT molecular complexity index is 761. The highest BCUT2D eigenvalue weighted by molar-refractivity contribution is 6.35. The Morgan fingerprint density at radius 2 is 1.86 bits per heavy atom. The number of likely N-dealkylation sites (tertiary alicyclic amines) is 1. The number of carbonyl (C=O) groups is 1. The summed E-state index contributed by atoms with van der Waals surface area (Å²) in [6.45, 7) is 4.49. The Labute approximate surface area is 178 Å². The van der Waals surface area contributed by atoms with Crippen LogP contribution in [0.5, 0.6) is 0 Å². The van der Waals surface area contributed by atoms with Crippen LogP contribution in [0.1, 0.15) is 37.3 Å². The number of hydrogen-bond donors (Lipinski definition) is 1. The van der Waals surface area contributed by atoms with E-state index in [1.165, 1.54) is 5.56 Å². The molecule has 1 amide bonds. The molecule has 2 aromatic rings. The molecule has 1 fully saturated rings. The largest absolute Gasteiger partial charge is 0.353 e. The second kappa shape index (κ2) is 10.3. The van der Waals surface area contributed by atoms with Crippen molar-refractivity contribution in [1.29, 1.82) is 0 Å². The standard InChI is InChI=1S/C23H28Cl2N2O/c1-17(12-13-18-7-3-2-4-8-18)26-23(28)19-9-6-14-27(15-19)16-20-21(24)10-5-11-22(20)25/h2-5,7-8,10-11,17,19H,6,9,12-16H2,1H3,(H,26,28)/t17-,19-/m1/s1. The van der Waals surface area contributed by atoms with Crippen LogP contribution in [0.3, 0.4) is 0 Å². The van der Waals surface area contributed by atoms with Gasteiger partial charge >= 0.3 is 0 Å². The molecule has 1 N–H and O–H groups in total. The van der Waals surface area contributed by atoms with Gasteiger partial charge in [-0.25, -0.2) is 0 Å². The lowest BCUT2D eigenvalue weighted by atomic mass is 9.96. The molecule has 1 aliphatic rings. The zero-order chi connectivity index (χ0) is 19.9. The maximum absolute atomic E-state index is 12.8. The van der Waals surface area contributed by atoms with Gasteiger partial charge in [-0.1, -0.05) is 59.6 Å². The van der Waals surface area contributed by atoms with Crippen molar-refractivity contribution in [3.05, 3.63) is 69.7 Å². The lowest BCUT2D eigenvalue weighted by Crippen LogP contribution is -2.45. The van der Waals surface area contributed by atoms with Crippen molar-refractivity contribution in [3.63, 3.8) is 0 Å². The summed E-state index contributed by atoms with van der Waals surface area (Å²) in [6.07, 6.45) is 3.87. The summed E-state index contributed by atoms with van der Waals surface area (Å²) < 4.78 is 0. The zero-order valence-corrected chi connectivity index (χ0v) is 17.8. The van der Waals surface area contributed by atoms with Gasteiger partial charge in [-0.15, -0.1) is 0 Å². The van der Waals surface area contributed by atoms with Gasteiger partial charge in [0.25, 0.3) is 0 Å². The molecule has 0 saturated carbocycles. The molecule has 3 nitrogen and oxygen atoms in total. The molecule has 2 aromatic carbocycles. The lowest BCUT2D eigenvalue weighted by Gasteiger charge is -2.33. The second-order valence-corrected chi connectivity index (χ2v) is 8.52. The predicted molar refractivity (Wildman–Crippen MR) is 117 cm³/mol. The van der Waals surface area contributed by atoms with Gasteiger partial charge in [-0.3, -0.25) is 9.69 Å². The summed E-state index contributed by atoms with van der Waals surface area (Å²) in [4.78, 5) is 15.0. The van der Waals surface area contributed by atoms with Gasteiger partial charge in [-0.2, -0.15) is 0 Å². The van der Waals surface area contributed by atoms with Crippen LogP contribution in [0.2, 0.25) is 10.0 Å². The first-order valence-corrected chi connectivity index (χ1v) is 10.8. The second-order valence-electron chi connectivity index (χ2n) is 7.71. The van der Waals surface area contributed by atoms with E-state index in [9.17, 15) is 4.79 Å². The van der Waals surface area contributed by atoms with E-state index in [1.54, 1.807) is 0 Å². The van der Waals surface area contributed by atoms with Crippen molar-refractivity contribution < 1.29 is 4.79 Å². The van der Waals surface area contributed by atoms with Crippen LogP contribution in [-0.2, 0) is 17.8 Å². The molecule has 1 saturated heterocycles. The Morgan fingerprint density at radius 1 is 1.14 bits per heavy atom. The van der Waals surface area contributed by atoms with Crippen molar-refractivity contribution in [2.75, 3.05) is 13.1 Å². The van der Waals surface area contributed by atoms with Crippen LogP contribution in [-0.4, -0.2) is 29.9 Å². The van der Waals surface area contributed by atoms with E-state index in [2.05, 4.69) is 41.4 Å². The number of aryl methyl sites for hydroxylation is 1. The highest BCUT2D eigenvalue weighted by Gasteiger charge is 2.27. The van der Waals surface area contributed by atoms with Crippen LogP contribution < -0.4 is 5.32 Å². The summed E-state index contributed by atoms with van der Waals surface area (Å²) >= 11 is 12.6. The molecular formula is C23H28Cl2N2O. The molecule has 1 heterocycles. The molecule has 150 valence electrons. The van der Waals surface area contributed by atoms with Gasteiger partial charge in [0, 0.05) is 34.7 Å². The highest BCUT2D eigenvalue weighted by Crippen LogP contribution is 2.27. The van der Waals surface area contributed by atoms with E-state index in [0.29, 0.717) is 16.6 Å². The predicted octanol–water partition coefficient (Wildman–Crippen LogP) is 5.34. The van der Waals surface area contributed by atoms with Gasteiger partial charge in [0.2, 0.25) is 5.91 Å². The van der Waals surface area contributed by atoms with E-state index in [4.69, 9.17) is 23.2 Å². The molecule has 1 aliphatic heterocycles. The smallest absolute Gasteiger partial charge is 0.224 e. The Kier molecular flexibility index (Phi) is 7.78. The molecule has 5 heteroatoms. The van der Waals surface area contributed by atoms with Crippen LogP contribution in [0.4, 0.5) is 0 Å². The monoisotopic (exact) mass is 418 g/mol. The van der Waals surface area contributed by atoms with E-state index in [-0.39, 0.29) is 17.9 Å². The number of piperidine rings is 1. The number of nitrogens with one attached hydrogen (secondary N) is 1. The highest BCUT2D eigenvalue weighted by atomic mass is 35.5. The molecule has 28 heavy (non-hydrogen) atoms. The minimum atomic E-state index is 0.0224. The quantitative estimate of drug-likeness (QED) is 0.657. The van der Waals surface area contributed by atoms with Gasteiger partial charge in [0.05, 0.1) is 5.92 Å². The van der Waals surface area contributed by atoms with Gasteiger partial charge < -0.3 is 5.32 Å². The average Bonchev–Trinajstić information content (AvgIpc) is 2.70. The number of carbonyl (C=O) groups excluding carboxylic acids is 1. The van der Waals surface area contributed by atoms with Crippen LogP contribution in [0.25, 0.3) is 0 Å². The van der Waals surface area contributed by atoms with Crippen molar-refractivity contribution in [3.8, 4) is 0 Å². The number of halogens is 2. The molecule has 2 atom stereocenters. The molecular weight excluding hydrogens is 391 g/mol. The fourth-order valence-electron chi connectivity index (χ4n) is 3.78. The van der Waals surface area contributed by atoms with Gasteiger partial charge in [-0.05, 0) is 56.8 Å². The third-order valence-electron chi connectivity index (χ3n) is 5.42. The fourth-order valence-corrected chi connectivity index (χ4v) is 4.30. The summed E-state index contributed by atoms with van der Waals surface area (Å²) in [5.74, 6) is 0.185. The minimum Gasteiger partial charge on any atom is -0.353 e. The van der Waals surface area contributed by atoms with Crippen molar-refractivity contribution in [2.45, 2.75) is 45.2 Å². The summed E-state index contributed by atoms with van der Waals surface area (Å²) in [6, 6.07) is 16.2. The van der Waals surface area contributed by atoms with Crippen LogP contribution >= 0.6 is 23.2 Å². The summed E-state index contributed by atoms with van der Waals surface area (Å²) in [5.41, 5.74) is 2.26. The van der Waals surface area contributed by atoms with Gasteiger partial charge in [0.1, 0.15) is 0 Å². The Morgan fingerprint density at radius 3 is 2.57 bits per heavy atom. The fraction of sp³-hybridized carbons (Fsp3) is 0.435. The number of rotatable bonds is 7. The minimum absolute atomic E-state index is 0.0224. The first-order valence-electron chi connectivity index (χ1n) is 10.0. The normalized spacial score (nSPS) is 18.6. The first kappa shape index (κ1) is 21.2. The third-order valence-corrected chi connectivity index (χ3v) is 6.13. The topological polar surface area (TPSA) is 32.3 Å². The molecule has 0 aromatic heterocycles. The molecule has 0 spiro atoms. The molecule has 0 radical (unpaired) electrons. The van der Waals surface area contributed by atoms with Gasteiger partial charge in [0.15, 0.2) is 0 Å². The van der Waals surface area contributed by atoms with E-state index < -0.39 is 0 Å². The maximum atomic E-state index is 12.8. The van der Waals surface area contributed by atoms with Crippen molar-refractivity contribution in [2.24, 2.45) is 5.92 Å². The van der Waals surface area contributed by atoms with Crippen molar-refractivity contribution in [1.82, 2.24) is 10.2 Å². The van der Waals surface area contributed by atoms with Crippen molar-refractivity contribution >= 4 is 29.1 Å². The van der Waals surface area contributed by atoms with E-state index in [0.717, 1.165) is 44.3 Å². The maximum Gasteiger partial charge on any atom is 0.224 e. The number of benzene rings is 2. The Balaban J connectivity index is 1.50. The third kappa shape index (κ3) is 5.97. The lowest BCUT2D eigenvalue weighted by molar-refractivity contribution is -0.127. The Hall–Kier alpha value is -1.55. The molecule has 0 aliphatic carbocycles. The number of nitrogens with zero attached hydrogens (tertiary/aromatic N) is 1. The molecule has 3 rings (SSSR count). The number of hydrogen-bond acceptors (Lipinski definition) is 2.